The van der Waals surface area contributed by atoms with E-state index in [2.05, 4.69) is 0 Å². The van der Waals surface area contributed by atoms with Crippen molar-refractivity contribution in [3.05, 3.63) is 70.7 Å². The van der Waals surface area contributed by atoms with Gasteiger partial charge in [0.1, 0.15) is 5.83 Å². The Morgan fingerprint density at radius 3 is 2.19 bits per heavy atom. The van der Waals surface area contributed by atoms with E-state index in [1.807, 2.05) is 30.3 Å². The maximum Gasteiger partial charge on any atom is 0.131 e. The van der Waals surface area contributed by atoms with E-state index in [1.165, 1.54) is 6.08 Å². The molecular weight excluding hydrogens is 223 g/mol. The highest BCUT2D eigenvalue weighted by Gasteiger charge is 1.99. The Balaban J connectivity index is 2.28. The molecule has 0 N–H and O–H groups in total. The molecule has 0 unspecified atom stereocenters. The van der Waals surface area contributed by atoms with Gasteiger partial charge >= 0.3 is 0 Å². The fourth-order valence-corrected chi connectivity index (χ4v) is 1.51. The van der Waals surface area contributed by atoms with Gasteiger partial charge in [0.2, 0.25) is 0 Å². The monoisotopic (exact) mass is 232 g/mol. The summed E-state index contributed by atoms with van der Waals surface area (Å²) in [6.07, 6.45) is 1.50. The quantitative estimate of drug-likeness (QED) is 0.652. The van der Waals surface area contributed by atoms with Gasteiger partial charge in [-0.05, 0) is 23.8 Å². The first-order valence-electron chi connectivity index (χ1n) is 4.94. The molecule has 0 saturated heterocycles. The summed E-state index contributed by atoms with van der Waals surface area (Å²) in [4.78, 5) is 0. The van der Waals surface area contributed by atoms with Crippen molar-refractivity contribution in [3.8, 4) is 0 Å². The molecule has 2 heteroatoms. The highest BCUT2D eigenvalue weighted by atomic mass is 35.5. The third-order valence-electron chi connectivity index (χ3n) is 2.21. The molecule has 2 rings (SSSR count). The van der Waals surface area contributed by atoms with E-state index in [0.29, 0.717) is 10.6 Å². The summed E-state index contributed by atoms with van der Waals surface area (Å²) in [6.45, 7) is 0. The SMILES string of the molecule is F/C(=C/c1ccccc1)c1ccc(Cl)cc1. The average Bonchev–Trinajstić information content (AvgIpc) is 2.31. The fourth-order valence-electron chi connectivity index (χ4n) is 1.39. The number of halogens is 2. The van der Waals surface area contributed by atoms with Gasteiger partial charge in [-0.2, -0.15) is 0 Å². The van der Waals surface area contributed by atoms with Crippen molar-refractivity contribution >= 4 is 23.5 Å². The van der Waals surface area contributed by atoms with Gasteiger partial charge in [0.05, 0.1) is 0 Å². The topological polar surface area (TPSA) is 0 Å². The van der Waals surface area contributed by atoms with E-state index >= 15 is 0 Å². The van der Waals surface area contributed by atoms with Crippen molar-refractivity contribution in [3.63, 3.8) is 0 Å². The van der Waals surface area contributed by atoms with Crippen LogP contribution in [0.25, 0.3) is 11.9 Å². The normalized spacial score (nSPS) is 11.5. The molecule has 0 amide bonds. The second kappa shape index (κ2) is 4.95. The van der Waals surface area contributed by atoms with Crippen molar-refractivity contribution in [2.75, 3.05) is 0 Å². The number of rotatable bonds is 2. The smallest absolute Gasteiger partial charge is 0.131 e. The fraction of sp³-hybridized carbons (Fsp3) is 0. The minimum Gasteiger partial charge on any atom is -0.206 e. The third-order valence-corrected chi connectivity index (χ3v) is 2.46. The first kappa shape index (κ1) is 10.9. The molecule has 0 saturated carbocycles. The Morgan fingerprint density at radius 1 is 0.938 bits per heavy atom. The van der Waals surface area contributed by atoms with Gasteiger partial charge in [0.15, 0.2) is 0 Å². The maximum absolute atomic E-state index is 13.8. The molecule has 0 aliphatic rings. The molecule has 0 atom stereocenters. The Kier molecular flexibility index (Phi) is 3.37. The zero-order valence-electron chi connectivity index (χ0n) is 8.53. The summed E-state index contributed by atoms with van der Waals surface area (Å²) < 4.78 is 13.8. The van der Waals surface area contributed by atoms with E-state index in [0.717, 1.165) is 5.56 Å². The molecule has 0 aliphatic carbocycles. The molecule has 0 aromatic heterocycles. The summed E-state index contributed by atoms with van der Waals surface area (Å²) in [5, 5.41) is 0.608. The Morgan fingerprint density at radius 2 is 1.56 bits per heavy atom. The Labute approximate surface area is 99.0 Å². The van der Waals surface area contributed by atoms with Gasteiger partial charge in [0, 0.05) is 10.6 Å². The van der Waals surface area contributed by atoms with E-state index in [9.17, 15) is 4.39 Å². The van der Waals surface area contributed by atoms with Crippen molar-refractivity contribution < 1.29 is 4.39 Å². The second-order valence-electron chi connectivity index (χ2n) is 3.41. The van der Waals surface area contributed by atoms with Crippen LogP contribution in [0, 0.1) is 0 Å². The van der Waals surface area contributed by atoms with Crippen LogP contribution in [0.1, 0.15) is 11.1 Å². The molecule has 0 aliphatic heterocycles. The molecule has 80 valence electrons. The van der Waals surface area contributed by atoms with Crippen molar-refractivity contribution in [1.82, 2.24) is 0 Å². The lowest BCUT2D eigenvalue weighted by atomic mass is 10.1. The predicted octanol–water partition coefficient (Wildman–Crippen LogP) is 4.81. The van der Waals surface area contributed by atoms with Gasteiger partial charge in [-0.1, -0.05) is 54.1 Å². The zero-order chi connectivity index (χ0) is 11.4. The summed E-state index contributed by atoms with van der Waals surface area (Å²) in [5.74, 6) is -0.261. The molecular formula is C14H10ClF. The minimum absolute atomic E-state index is 0.261. The van der Waals surface area contributed by atoms with Crippen molar-refractivity contribution in [1.29, 1.82) is 0 Å². The van der Waals surface area contributed by atoms with Gasteiger partial charge in [-0.25, -0.2) is 4.39 Å². The van der Waals surface area contributed by atoms with Crippen LogP contribution in [0.2, 0.25) is 5.02 Å². The molecule has 2 aromatic rings. The summed E-state index contributed by atoms with van der Waals surface area (Å²) in [5.41, 5.74) is 1.38. The lowest BCUT2D eigenvalue weighted by Gasteiger charge is -1.98. The van der Waals surface area contributed by atoms with E-state index in [-0.39, 0.29) is 5.83 Å². The molecule has 0 heterocycles. The number of benzene rings is 2. The molecule has 0 fully saturated rings. The Bertz CT molecular complexity index is 486. The van der Waals surface area contributed by atoms with Crippen LogP contribution < -0.4 is 0 Å². The van der Waals surface area contributed by atoms with Crippen molar-refractivity contribution in [2.24, 2.45) is 0 Å². The van der Waals surface area contributed by atoms with E-state index < -0.39 is 0 Å². The zero-order valence-corrected chi connectivity index (χ0v) is 9.29. The number of hydrogen-bond acceptors (Lipinski definition) is 0. The van der Waals surface area contributed by atoms with Crippen LogP contribution in [0.3, 0.4) is 0 Å². The summed E-state index contributed by atoms with van der Waals surface area (Å²) >= 11 is 5.73. The first-order valence-corrected chi connectivity index (χ1v) is 5.32. The second-order valence-corrected chi connectivity index (χ2v) is 3.85. The largest absolute Gasteiger partial charge is 0.206 e. The summed E-state index contributed by atoms with van der Waals surface area (Å²) in [7, 11) is 0. The van der Waals surface area contributed by atoms with Crippen LogP contribution in [0.5, 0.6) is 0 Å². The third kappa shape index (κ3) is 2.71. The molecule has 16 heavy (non-hydrogen) atoms. The number of hydrogen-bond donors (Lipinski definition) is 0. The van der Waals surface area contributed by atoms with Crippen LogP contribution in [0.15, 0.2) is 54.6 Å². The first-order chi connectivity index (χ1) is 7.75. The molecule has 2 aromatic carbocycles. The van der Waals surface area contributed by atoms with Crippen LogP contribution in [-0.2, 0) is 0 Å². The minimum atomic E-state index is -0.261. The van der Waals surface area contributed by atoms with Gasteiger partial charge in [-0.3, -0.25) is 0 Å². The lowest BCUT2D eigenvalue weighted by Crippen LogP contribution is -1.78. The van der Waals surface area contributed by atoms with E-state index in [4.69, 9.17) is 11.6 Å². The van der Waals surface area contributed by atoms with Crippen LogP contribution in [-0.4, -0.2) is 0 Å². The highest BCUT2D eigenvalue weighted by Crippen LogP contribution is 2.21. The highest BCUT2D eigenvalue weighted by molar-refractivity contribution is 6.30. The molecule has 0 radical (unpaired) electrons. The summed E-state index contributed by atoms with van der Waals surface area (Å²) in [6, 6.07) is 16.0. The lowest BCUT2D eigenvalue weighted by molar-refractivity contribution is 0.765. The van der Waals surface area contributed by atoms with Crippen LogP contribution in [0.4, 0.5) is 4.39 Å². The van der Waals surface area contributed by atoms with Gasteiger partial charge in [0.25, 0.3) is 0 Å². The van der Waals surface area contributed by atoms with Crippen molar-refractivity contribution in [2.45, 2.75) is 0 Å². The molecule has 0 spiro atoms. The molecule has 0 nitrogen and oxygen atoms in total. The molecule has 0 bridgehead atoms. The average molecular weight is 233 g/mol. The van der Waals surface area contributed by atoms with E-state index in [1.54, 1.807) is 24.3 Å². The van der Waals surface area contributed by atoms with Gasteiger partial charge in [-0.15, -0.1) is 0 Å². The van der Waals surface area contributed by atoms with Gasteiger partial charge < -0.3 is 0 Å². The maximum atomic E-state index is 13.8. The Hall–Kier alpha value is -1.60. The standard InChI is InChI=1S/C14H10ClF/c15-13-8-6-12(7-9-13)14(16)10-11-4-2-1-3-5-11/h1-10H/b14-10+. The van der Waals surface area contributed by atoms with Crippen LogP contribution >= 0.6 is 11.6 Å². The predicted molar refractivity (Wildman–Crippen MR) is 66.9 cm³/mol.